The fourth-order valence-electron chi connectivity index (χ4n) is 2.01. The van der Waals surface area contributed by atoms with Crippen LogP contribution in [0.3, 0.4) is 0 Å². The zero-order valence-electron chi connectivity index (χ0n) is 11.9. The highest BCUT2D eigenvalue weighted by atomic mass is 35.5. The molecule has 0 saturated carbocycles. The van der Waals surface area contributed by atoms with Gasteiger partial charge in [-0.15, -0.1) is 0 Å². The summed E-state index contributed by atoms with van der Waals surface area (Å²) in [5.41, 5.74) is 1.73. The number of cyclic esters (lactones) is 1. The van der Waals surface area contributed by atoms with Crippen molar-refractivity contribution < 1.29 is 9.53 Å². The number of carbonyl (C=O) groups excluding carboxylic acids is 1. The highest BCUT2D eigenvalue weighted by Crippen LogP contribution is 2.25. The largest absolute Gasteiger partial charge is 0.402 e. The molecule has 5 heteroatoms. The maximum atomic E-state index is 11.9. The Morgan fingerprint density at radius 3 is 2.61 bits per heavy atom. The lowest BCUT2D eigenvalue weighted by molar-refractivity contribution is -0.130. The third-order valence-corrected chi connectivity index (χ3v) is 3.69. The molecule has 0 fully saturated rings. The molecule has 2 aromatic carbocycles. The zero-order valence-corrected chi connectivity index (χ0v) is 13.4. The van der Waals surface area contributed by atoms with Crippen LogP contribution in [0.5, 0.6) is 0 Å². The molecule has 114 valence electrons. The van der Waals surface area contributed by atoms with Gasteiger partial charge in [0.1, 0.15) is 0 Å². The fourth-order valence-corrected chi connectivity index (χ4v) is 2.38. The molecule has 1 heterocycles. The van der Waals surface area contributed by atoms with Gasteiger partial charge in [-0.2, -0.15) is 0 Å². The smallest absolute Gasteiger partial charge is 0.363 e. The van der Waals surface area contributed by atoms with E-state index in [1.165, 1.54) is 0 Å². The molecule has 0 atom stereocenters. The second kappa shape index (κ2) is 6.82. The summed E-state index contributed by atoms with van der Waals surface area (Å²) >= 11 is 12.0. The molecular formula is C18H11Cl2NO2. The molecule has 0 spiro atoms. The third kappa shape index (κ3) is 3.70. The Kier molecular flexibility index (Phi) is 4.60. The van der Waals surface area contributed by atoms with Gasteiger partial charge in [-0.1, -0.05) is 65.7 Å². The van der Waals surface area contributed by atoms with E-state index in [0.717, 1.165) is 5.56 Å². The van der Waals surface area contributed by atoms with E-state index in [0.29, 0.717) is 15.6 Å². The van der Waals surface area contributed by atoms with Gasteiger partial charge < -0.3 is 4.74 Å². The van der Waals surface area contributed by atoms with Crippen molar-refractivity contribution in [2.24, 2.45) is 4.99 Å². The molecule has 0 aromatic heterocycles. The zero-order chi connectivity index (χ0) is 16.2. The Balaban J connectivity index is 1.85. The van der Waals surface area contributed by atoms with Crippen LogP contribution < -0.4 is 0 Å². The number of hydrogen-bond donors (Lipinski definition) is 0. The summed E-state index contributed by atoms with van der Waals surface area (Å²) < 4.78 is 5.16. The average molecular weight is 344 g/mol. The van der Waals surface area contributed by atoms with E-state index < -0.39 is 5.97 Å². The lowest BCUT2D eigenvalue weighted by atomic mass is 10.2. The molecule has 2 aromatic rings. The molecule has 0 bridgehead atoms. The van der Waals surface area contributed by atoms with Gasteiger partial charge in [0.15, 0.2) is 5.70 Å². The predicted octanol–water partition coefficient (Wildman–Crippen LogP) is 4.89. The van der Waals surface area contributed by atoms with Gasteiger partial charge in [-0.3, -0.25) is 0 Å². The number of nitrogens with zero attached hydrogens (tertiary/aromatic N) is 1. The summed E-state index contributed by atoms with van der Waals surface area (Å²) in [6, 6.07) is 14.6. The molecule has 3 rings (SSSR count). The quantitative estimate of drug-likeness (QED) is 0.587. The second-order valence-electron chi connectivity index (χ2n) is 4.75. The van der Waals surface area contributed by atoms with Gasteiger partial charge in [0.2, 0.25) is 5.90 Å². The van der Waals surface area contributed by atoms with Crippen LogP contribution in [-0.2, 0) is 9.53 Å². The number of aliphatic imine (C=N–C) groups is 1. The van der Waals surface area contributed by atoms with Crippen LogP contribution in [0.1, 0.15) is 11.1 Å². The lowest BCUT2D eigenvalue weighted by Crippen LogP contribution is -2.05. The summed E-state index contributed by atoms with van der Waals surface area (Å²) in [6.45, 7) is 0. The third-order valence-electron chi connectivity index (χ3n) is 3.12. The van der Waals surface area contributed by atoms with E-state index in [4.69, 9.17) is 27.9 Å². The van der Waals surface area contributed by atoms with Gasteiger partial charge in [0.05, 0.1) is 10.6 Å². The van der Waals surface area contributed by atoms with Crippen LogP contribution in [-0.4, -0.2) is 11.9 Å². The van der Waals surface area contributed by atoms with Crippen LogP contribution in [0.15, 0.2) is 71.4 Å². The summed E-state index contributed by atoms with van der Waals surface area (Å²) in [7, 11) is 0. The molecule has 23 heavy (non-hydrogen) atoms. The first-order valence-electron chi connectivity index (χ1n) is 6.83. The number of ether oxygens (including phenoxy) is 1. The van der Waals surface area contributed by atoms with Crippen LogP contribution in [0, 0.1) is 0 Å². The van der Waals surface area contributed by atoms with Crippen molar-refractivity contribution in [3.05, 3.63) is 87.6 Å². The van der Waals surface area contributed by atoms with Crippen molar-refractivity contribution in [1.29, 1.82) is 0 Å². The minimum absolute atomic E-state index is 0.155. The normalized spacial score (nSPS) is 16.0. The Morgan fingerprint density at radius 1 is 1.04 bits per heavy atom. The number of hydrogen-bond acceptors (Lipinski definition) is 3. The first-order chi connectivity index (χ1) is 11.1. The van der Waals surface area contributed by atoms with Crippen LogP contribution in [0.2, 0.25) is 10.0 Å². The van der Waals surface area contributed by atoms with Gasteiger partial charge in [-0.25, -0.2) is 9.79 Å². The standard InChI is InChI=1S/C18H11Cl2NO2/c19-13-9-10-15(20)14(11-13)17-21-16(18(22)23-17)8-4-7-12-5-2-1-3-6-12/h1-11H. The summed E-state index contributed by atoms with van der Waals surface area (Å²) in [5.74, 6) is -0.365. The van der Waals surface area contributed by atoms with E-state index in [1.54, 1.807) is 30.4 Å². The summed E-state index contributed by atoms with van der Waals surface area (Å²) in [4.78, 5) is 16.1. The Morgan fingerprint density at radius 2 is 1.83 bits per heavy atom. The van der Waals surface area contributed by atoms with Crippen molar-refractivity contribution in [3.63, 3.8) is 0 Å². The van der Waals surface area contributed by atoms with Gasteiger partial charge >= 0.3 is 5.97 Å². The van der Waals surface area contributed by atoms with Crippen molar-refractivity contribution in [2.75, 3.05) is 0 Å². The van der Waals surface area contributed by atoms with Crippen LogP contribution in [0.4, 0.5) is 0 Å². The van der Waals surface area contributed by atoms with Crippen molar-refractivity contribution in [3.8, 4) is 0 Å². The number of allylic oxidation sites excluding steroid dienone is 2. The molecular weight excluding hydrogens is 333 g/mol. The molecule has 0 amide bonds. The Labute approximate surface area is 143 Å². The predicted molar refractivity (Wildman–Crippen MR) is 92.6 cm³/mol. The first kappa shape index (κ1) is 15.5. The highest BCUT2D eigenvalue weighted by molar-refractivity contribution is 6.36. The molecule has 0 radical (unpaired) electrons. The maximum Gasteiger partial charge on any atom is 0.363 e. The SMILES string of the molecule is O=C1OC(c2cc(Cl)ccc2Cl)=NC1=CC=Cc1ccccc1. The van der Waals surface area contributed by atoms with Gasteiger partial charge in [0, 0.05) is 5.02 Å². The maximum absolute atomic E-state index is 11.9. The minimum Gasteiger partial charge on any atom is -0.402 e. The molecule has 0 unspecified atom stereocenters. The Bertz CT molecular complexity index is 839. The van der Waals surface area contributed by atoms with E-state index >= 15 is 0 Å². The number of rotatable bonds is 3. The first-order valence-corrected chi connectivity index (χ1v) is 7.59. The van der Waals surface area contributed by atoms with E-state index in [9.17, 15) is 4.79 Å². The van der Waals surface area contributed by atoms with E-state index in [1.807, 2.05) is 36.4 Å². The molecule has 0 saturated heterocycles. The molecule has 3 nitrogen and oxygen atoms in total. The second-order valence-corrected chi connectivity index (χ2v) is 5.60. The topological polar surface area (TPSA) is 38.7 Å². The van der Waals surface area contributed by atoms with E-state index in [-0.39, 0.29) is 11.6 Å². The lowest BCUT2D eigenvalue weighted by Gasteiger charge is -2.02. The van der Waals surface area contributed by atoms with Crippen molar-refractivity contribution >= 4 is 41.1 Å². The minimum atomic E-state index is -0.520. The number of esters is 1. The van der Waals surface area contributed by atoms with Crippen LogP contribution in [0.25, 0.3) is 6.08 Å². The molecule has 0 N–H and O–H groups in total. The average Bonchev–Trinajstić information content (AvgIpc) is 2.92. The highest BCUT2D eigenvalue weighted by Gasteiger charge is 2.25. The number of benzene rings is 2. The molecule has 1 aliphatic rings. The van der Waals surface area contributed by atoms with E-state index in [2.05, 4.69) is 4.99 Å². The monoisotopic (exact) mass is 343 g/mol. The van der Waals surface area contributed by atoms with Gasteiger partial charge in [-0.05, 0) is 29.8 Å². The number of halogens is 2. The summed E-state index contributed by atoms with van der Waals surface area (Å²) in [6.07, 6.45) is 5.22. The molecule has 1 aliphatic heterocycles. The Hall–Kier alpha value is -2.36. The van der Waals surface area contributed by atoms with Gasteiger partial charge in [0.25, 0.3) is 0 Å². The summed E-state index contributed by atoms with van der Waals surface area (Å²) in [5, 5.41) is 0.909. The fraction of sp³-hybridized carbons (Fsp3) is 0. The molecule has 0 aliphatic carbocycles. The van der Waals surface area contributed by atoms with Crippen LogP contribution >= 0.6 is 23.2 Å². The van der Waals surface area contributed by atoms with Crippen molar-refractivity contribution in [2.45, 2.75) is 0 Å². The number of carbonyl (C=O) groups is 1. The van der Waals surface area contributed by atoms with Crippen molar-refractivity contribution in [1.82, 2.24) is 0 Å².